The van der Waals surface area contributed by atoms with E-state index in [1.54, 1.807) is 0 Å². The quantitative estimate of drug-likeness (QED) is 0.518. The second-order valence-corrected chi connectivity index (χ2v) is 7.63. The highest BCUT2D eigenvalue weighted by Crippen LogP contribution is 2.30. The Morgan fingerprint density at radius 3 is 1.14 bits per heavy atom. The minimum absolute atomic E-state index is 0.541. The van der Waals surface area contributed by atoms with Crippen LogP contribution in [0.5, 0.6) is 0 Å². The third-order valence-corrected chi connectivity index (χ3v) is 3.85. The molecule has 0 aromatic heterocycles. The summed E-state index contributed by atoms with van der Waals surface area (Å²) < 4.78 is 0. The zero-order chi connectivity index (χ0) is 16.9. The van der Waals surface area contributed by atoms with Gasteiger partial charge in [-0.3, -0.25) is 0 Å². The molecule has 0 heteroatoms. The van der Waals surface area contributed by atoms with Crippen LogP contribution < -0.4 is 0 Å². The number of allylic oxidation sites excluding steroid dienone is 2. The molecule has 0 saturated heterocycles. The average Bonchev–Trinajstić information content (AvgIpc) is 2.41. The van der Waals surface area contributed by atoms with Gasteiger partial charge in [-0.1, -0.05) is 91.8 Å². The summed E-state index contributed by atoms with van der Waals surface area (Å²) >= 11 is 0. The first-order valence-corrected chi connectivity index (χ1v) is 8.76. The van der Waals surface area contributed by atoms with E-state index in [9.17, 15) is 0 Å². The third-order valence-electron chi connectivity index (χ3n) is 3.85. The summed E-state index contributed by atoms with van der Waals surface area (Å²) in [6, 6.07) is 4.80. The van der Waals surface area contributed by atoms with Gasteiger partial charge in [-0.15, -0.1) is 0 Å². The Bertz CT molecular complexity index is 475. The van der Waals surface area contributed by atoms with Gasteiger partial charge < -0.3 is 0 Å². The van der Waals surface area contributed by atoms with Gasteiger partial charge in [-0.05, 0) is 45.9 Å². The Labute approximate surface area is 138 Å². The number of rotatable bonds is 6. The lowest BCUT2D eigenvalue weighted by Gasteiger charge is -2.18. The van der Waals surface area contributed by atoms with Crippen molar-refractivity contribution in [3.05, 3.63) is 46.5 Å². The Morgan fingerprint density at radius 1 is 0.591 bits per heavy atom. The van der Waals surface area contributed by atoms with Crippen LogP contribution in [0.2, 0.25) is 0 Å². The van der Waals surface area contributed by atoms with Crippen LogP contribution in [-0.4, -0.2) is 0 Å². The van der Waals surface area contributed by atoms with Crippen LogP contribution >= 0.6 is 0 Å². The van der Waals surface area contributed by atoms with E-state index in [4.69, 9.17) is 0 Å². The fraction of sp³-hybridized carbons (Fsp3) is 0.545. The first-order chi connectivity index (χ1) is 10.2. The van der Waals surface area contributed by atoms with E-state index in [1.807, 2.05) is 0 Å². The van der Waals surface area contributed by atoms with Crippen molar-refractivity contribution < 1.29 is 0 Å². The van der Waals surface area contributed by atoms with Crippen molar-refractivity contribution in [2.75, 3.05) is 0 Å². The van der Waals surface area contributed by atoms with Gasteiger partial charge in [0.05, 0.1) is 0 Å². The molecule has 1 aromatic carbocycles. The number of benzene rings is 1. The van der Waals surface area contributed by atoms with E-state index in [-0.39, 0.29) is 0 Å². The summed E-state index contributed by atoms with van der Waals surface area (Å²) in [6.45, 7) is 18.1. The lowest BCUT2D eigenvalue weighted by Crippen LogP contribution is -2.00. The van der Waals surface area contributed by atoms with Crippen molar-refractivity contribution in [3.8, 4) is 0 Å². The second-order valence-electron chi connectivity index (χ2n) is 7.63. The van der Waals surface area contributed by atoms with Crippen molar-refractivity contribution in [3.63, 3.8) is 0 Å². The minimum atomic E-state index is 0.541. The van der Waals surface area contributed by atoms with Gasteiger partial charge in [0.2, 0.25) is 0 Å². The zero-order valence-electron chi connectivity index (χ0n) is 15.8. The standard InChI is InChI=1S/C22H34/c1-15(2)9-11-19-13-22(18(7)8)20(12-10-16(3)4)14-21(19)17(5)6/h9-18H,1-8H3/b11-9+,12-10+. The molecular weight excluding hydrogens is 264 g/mol. The summed E-state index contributed by atoms with van der Waals surface area (Å²) in [7, 11) is 0. The molecule has 0 amide bonds. The number of hydrogen-bond donors (Lipinski definition) is 0. The van der Waals surface area contributed by atoms with Gasteiger partial charge in [-0.2, -0.15) is 0 Å². The maximum Gasteiger partial charge on any atom is -0.0213 e. The van der Waals surface area contributed by atoms with Crippen LogP contribution in [0.3, 0.4) is 0 Å². The summed E-state index contributed by atoms with van der Waals surface area (Å²) in [5.74, 6) is 2.25. The highest BCUT2D eigenvalue weighted by Gasteiger charge is 2.12. The monoisotopic (exact) mass is 298 g/mol. The van der Waals surface area contributed by atoms with Crippen molar-refractivity contribution >= 4 is 12.2 Å². The molecule has 22 heavy (non-hydrogen) atoms. The molecule has 0 radical (unpaired) electrons. The van der Waals surface area contributed by atoms with Gasteiger partial charge in [0.25, 0.3) is 0 Å². The Kier molecular flexibility index (Phi) is 7.13. The van der Waals surface area contributed by atoms with Crippen molar-refractivity contribution in [2.24, 2.45) is 11.8 Å². The molecule has 0 unspecified atom stereocenters. The molecule has 1 rings (SSSR count). The summed E-state index contributed by atoms with van der Waals surface area (Å²) in [5, 5.41) is 0. The second kappa shape index (κ2) is 8.36. The number of hydrogen-bond acceptors (Lipinski definition) is 0. The largest absolute Gasteiger partial charge is 0.0814 e. The molecule has 122 valence electrons. The van der Waals surface area contributed by atoms with E-state index in [0.29, 0.717) is 23.7 Å². The molecule has 0 saturated carbocycles. The van der Waals surface area contributed by atoms with E-state index < -0.39 is 0 Å². The molecule has 0 aliphatic carbocycles. The van der Waals surface area contributed by atoms with Gasteiger partial charge in [0, 0.05) is 0 Å². The van der Waals surface area contributed by atoms with Gasteiger partial charge in [0.1, 0.15) is 0 Å². The molecule has 0 atom stereocenters. The smallest absolute Gasteiger partial charge is 0.0213 e. The molecular formula is C22H34. The van der Waals surface area contributed by atoms with Gasteiger partial charge in [0.15, 0.2) is 0 Å². The normalized spacial score (nSPS) is 12.9. The van der Waals surface area contributed by atoms with E-state index in [2.05, 4.69) is 91.8 Å². The fourth-order valence-electron chi connectivity index (χ4n) is 2.55. The van der Waals surface area contributed by atoms with Crippen LogP contribution in [0.4, 0.5) is 0 Å². The summed E-state index contributed by atoms with van der Waals surface area (Å²) in [5.41, 5.74) is 5.66. The highest BCUT2D eigenvalue weighted by atomic mass is 14.2. The molecule has 1 aromatic rings. The van der Waals surface area contributed by atoms with Crippen LogP contribution in [0.15, 0.2) is 24.3 Å². The summed E-state index contributed by atoms with van der Waals surface area (Å²) in [4.78, 5) is 0. The maximum atomic E-state index is 2.40. The van der Waals surface area contributed by atoms with E-state index in [0.717, 1.165) is 0 Å². The van der Waals surface area contributed by atoms with Crippen molar-refractivity contribution in [1.82, 2.24) is 0 Å². The topological polar surface area (TPSA) is 0 Å². The molecule has 0 aliphatic rings. The summed E-state index contributed by atoms with van der Waals surface area (Å²) in [6.07, 6.45) is 9.22. The first kappa shape index (κ1) is 18.7. The molecule has 0 fully saturated rings. The predicted octanol–water partition coefficient (Wildman–Crippen LogP) is 7.27. The van der Waals surface area contributed by atoms with Gasteiger partial charge >= 0.3 is 0 Å². The molecule has 0 bridgehead atoms. The van der Waals surface area contributed by atoms with Gasteiger partial charge in [-0.25, -0.2) is 0 Å². The Hall–Kier alpha value is -1.30. The molecule has 0 spiro atoms. The SMILES string of the molecule is CC(C)/C=C/c1cc(C(C)C)c(/C=C/C(C)C)cc1C(C)C. The van der Waals surface area contributed by atoms with Crippen LogP contribution in [0.1, 0.15) is 89.5 Å². The van der Waals surface area contributed by atoms with Crippen molar-refractivity contribution in [1.29, 1.82) is 0 Å². The van der Waals surface area contributed by atoms with Crippen molar-refractivity contribution in [2.45, 2.75) is 67.2 Å². The zero-order valence-corrected chi connectivity index (χ0v) is 15.8. The van der Waals surface area contributed by atoms with Crippen LogP contribution in [0, 0.1) is 11.8 Å². The Balaban J connectivity index is 3.43. The van der Waals surface area contributed by atoms with E-state index >= 15 is 0 Å². The van der Waals surface area contributed by atoms with E-state index in [1.165, 1.54) is 22.3 Å². The van der Waals surface area contributed by atoms with Crippen LogP contribution in [-0.2, 0) is 0 Å². The first-order valence-electron chi connectivity index (χ1n) is 8.76. The fourth-order valence-corrected chi connectivity index (χ4v) is 2.55. The average molecular weight is 299 g/mol. The highest BCUT2D eigenvalue weighted by molar-refractivity contribution is 5.64. The maximum absolute atomic E-state index is 2.40. The minimum Gasteiger partial charge on any atom is -0.0814 e. The molecule has 0 heterocycles. The molecule has 0 N–H and O–H groups in total. The molecule has 0 aliphatic heterocycles. The Morgan fingerprint density at radius 2 is 0.909 bits per heavy atom. The predicted molar refractivity (Wildman–Crippen MR) is 102 cm³/mol. The van der Waals surface area contributed by atoms with Crippen LogP contribution in [0.25, 0.3) is 12.2 Å². The molecule has 0 nitrogen and oxygen atoms in total. The lowest BCUT2D eigenvalue weighted by atomic mass is 9.87. The third kappa shape index (κ3) is 5.48. The lowest BCUT2D eigenvalue weighted by molar-refractivity contribution is 0.827.